The summed E-state index contributed by atoms with van der Waals surface area (Å²) >= 11 is 0. The van der Waals surface area contributed by atoms with Gasteiger partial charge in [0.25, 0.3) is 0 Å². The third-order valence-corrected chi connectivity index (χ3v) is 7.10. The van der Waals surface area contributed by atoms with Gasteiger partial charge in [0.2, 0.25) is 0 Å². The first kappa shape index (κ1) is 22.9. The van der Waals surface area contributed by atoms with Crippen LogP contribution in [-0.2, 0) is 6.54 Å². The van der Waals surface area contributed by atoms with Gasteiger partial charge in [0, 0.05) is 17.4 Å². The van der Waals surface area contributed by atoms with Gasteiger partial charge in [-0.1, -0.05) is 60.7 Å². The Labute approximate surface area is 216 Å². The van der Waals surface area contributed by atoms with Crippen LogP contribution in [0.15, 0.2) is 97.2 Å². The highest BCUT2D eigenvalue weighted by Crippen LogP contribution is 2.38. The molecule has 37 heavy (non-hydrogen) atoms. The third kappa shape index (κ3) is 4.00. The van der Waals surface area contributed by atoms with Gasteiger partial charge in [-0.05, 0) is 67.8 Å². The van der Waals surface area contributed by atoms with Gasteiger partial charge >= 0.3 is 6.03 Å². The Morgan fingerprint density at radius 1 is 0.892 bits per heavy atom. The highest BCUT2D eigenvalue weighted by atomic mass is 16.2. The number of nitrogens with zero attached hydrogens (tertiary/aromatic N) is 4. The number of para-hydroxylation sites is 1. The maximum atomic E-state index is 14.1. The molecule has 0 saturated carbocycles. The summed E-state index contributed by atoms with van der Waals surface area (Å²) in [5.41, 5.74) is 7.94. The number of hydrogen-bond donors (Lipinski definition) is 1. The summed E-state index contributed by atoms with van der Waals surface area (Å²) in [5.74, 6) is 0.965. The van der Waals surface area contributed by atoms with Crippen LogP contribution in [-0.4, -0.2) is 25.3 Å². The zero-order valence-electron chi connectivity index (χ0n) is 21.2. The topological polar surface area (TPSA) is 55.1 Å². The monoisotopic (exact) mass is 487 g/mol. The lowest BCUT2D eigenvalue weighted by Gasteiger charge is -2.31. The molecule has 6 rings (SSSR count). The van der Waals surface area contributed by atoms with Crippen molar-refractivity contribution in [3.63, 3.8) is 0 Å². The van der Waals surface area contributed by atoms with Crippen molar-refractivity contribution < 1.29 is 4.79 Å². The number of urea groups is 1. The van der Waals surface area contributed by atoms with Crippen molar-refractivity contribution in [2.24, 2.45) is 0 Å². The van der Waals surface area contributed by atoms with Crippen molar-refractivity contribution in [3.05, 3.63) is 131 Å². The lowest BCUT2D eigenvalue weighted by atomic mass is 10.0. The minimum absolute atomic E-state index is 0.144. The van der Waals surface area contributed by atoms with Gasteiger partial charge in [-0.15, -0.1) is 0 Å². The number of carbonyl (C=O) groups excluding carboxylic acids is 1. The molecule has 0 radical (unpaired) electrons. The van der Waals surface area contributed by atoms with Crippen LogP contribution in [0.5, 0.6) is 0 Å². The SMILES string of the molecule is Cc1ccc(C)c(NC(=O)N2Cc3c(C)nn(-c4ccccc4)c3-n3cccc3C2c2ccccc2)c1. The van der Waals surface area contributed by atoms with Gasteiger partial charge in [0.05, 0.1) is 29.7 Å². The molecule has 1 aliphatic heterocycles. The van der Waals surface area contributed by atoms with Crippen molar-refractivity contribution in [2.45, 2.75) is 33.4 Å². The molecule has 6 heteroatoms. The Morgan fingerprint density at radius 3 is 2.38 bits per heavy atom. The van der Waals surface area contributed by atoms with E-state index in [1.807, 2.05) is 85.0 Å². The average Bonchev–Trinajstić information content (AvgIpc) is 3.47. The van der Waals surface area contributed by atoms with Crippen LogP contribution in [0.2, 0.25) is 0 Å². The van der Waals surface area contributed by atoms with Gasteiger partial charge in [0.1, 0.15) is 5.82 Å². The first-order valence-corrected chi connectivity index (χ1v) is 12.5. The Bertz CT molecular complexity index is 1580. The van der Waals surface area contributed by atoms with E-state index < -0.39 is 0 Å². The first-order chi connectivity index (χ1) is 18.0. The van der Waals surface area contributed by atoms with E-state index in [9.17, 15) is 4.79 Å². The van der Waals surface area contributed by atoms with Crippen LogP contribution in [0.4, 0.5) is 10.5 Å². The standard InChI is InChI=1S/C31H29N5O/c1-21-16-17-22(2)27(19-21)32-31(37)35-20-26-23(3)33-36(25-13-8-5-9-14-25)30(26)34-18-10-15-28(34)29(35)24-11-6-4-7-12-24/h4-19,29H,20H2,1-3H3,(H,32,37). The lowest BCUT2D eigenvalue weighted by molar-refractivity contribution is 0.194. The van der Waals surface area contributed by atoms with Crippen molar-refractivity contribution in [1.29, 1.82) is 0 Å². The number of rotatable bonds is 3. The molecular formula is C31H29N5O. The molecule has 184 valence electrons. The van der Waals surface area contributed by atoms with Gasteiger partial charge in [0.15, 0.2) is 0 Å². The second kappa shape index (κ2) is 9.13. The second-order valence-electron chi connectivity index (χ2n) is 9.63. The fourth-order valence-electron chi connectivity index (χ4n) is 5.19. The van der Waals surface area contributed by atoms with E-state index in [4.69, 9.17) is 5.10 Å². The van der Waals surface area contributed by atoms with Gasteiger partial charge in [-0.3, -0.25) is 0 Å². The molecule has 1 atom stereocenters. The average molecular weight is 488 g/mol. The fourth-order valence-corrected chi connectivity index (χ4v) is 5.19. The highest BCUT2D eigenvalue weighted by Gasteiger charge is 2.36. The quantitative estimate of drug-likeness (QED) is 0.307. The minimum atomic E-state index is -0.280. The summed E-state index contributed by atoms with van der Waals surface area (Å²) < 4.78 is 4.17. The molecule has 0 bridgehead atoms. The van der Waals surface area contributed by atoms with Crippen LogP contribution >= 0.6 is 0 Å². The number of aromatic nitrogens is 3. The van der Waals surface area contributed by atoms with Crippen LogP contribution in [0.25, 0.3) is 11.5 Å². The molecule has 0 saturated heterocycles. The number of hydrogen-bond acceptors (Lipinski definition) is 2. The van der Waals surface area contributed by atoms with E-state index in [1.54, 1.807) is 0 Å². The molecule has 2 aromatic heterocycles. The Hall–Kier alpha value is -4.58. The predicted octanol–water partition coefficient (Wildman–Crippen LogP) is 6.73. The number of anilines is 1. The van der Waals surface area contributed by atoms with Crippen LogP contribution in [0, 0.1) is 20.8 Å². The molecule has 0 aliphatic carbocycles. The highest BCUT2D eigenvalue weighted by molar-refractivity contribution is 5.91. The summed E-state index contributed by atoms with van der Waals surface area (Å²) in [6.45, 7) is 6.49. The predicted molar refractivity (Wildman–Crippen MR) is 146 cm³/mol. The molecule has 0 spiro atoms. The van der Waals surface area contributed by atoms with Crippen molar-refractivity contribution in [3.8, 4) is 11.5 Å². The van der Waals surface area contributed by atoms with E-state index in [0.29, 0.717) is 6.54 Å². The molecule has 0 fully saturated rings. The number of amides is 2. The zero-order chi connectivity index (χ0) is 25.5. The first-order valence-electron chi connectivity index (χ1n) is 12.5. The zero-order valence-corrected chi connectivity index (χ0v) is 21.2. The summed E-state index contributed by atoms with van der Waals surface area (Å²) in [5, 5.41) is 8.13. The van der Waals surface area contributed by atoms with E-state index in [-0.39, 0.29) is 12.1 Å². The van der Waals surface area contributed by atoms with Gasteiger partial charge in [-0.25, -0.2) is 9.48 Å². The van der Waals surface area contributed by atoms with Crippen LogP contribution < -0.4 is 5.32 Å². The summed E-state index contributed by atoms with van der Waals surface area (Å²) in [6.07, 6.45) is 2.07. The van der Waals surface area contributed by atoms with Crippen LogP contribution in [0.1, 0.15) is 39.7 Å². The second-order valence-corrected chi connectivity index (χ2v) is 9.63. The molecule has 3 aromatic carbocycles. The Balaban J connectivity index is 1.53. The van der Waals surface area contributed by atoms with Crippen molar-refractivity contribution in [1.82, 2.24) is 19.2 Å². The maximum Gasteiger partial charge on any atom is 0.322 e. The molecule has 1 unspecified atom stereocenters. The van der Waals surface area contributed by atoms with Crippen molar-refractivity contribution in [2.75, 3.05) is 5.32 Å². The number of benzene rings is 3. The summed E-state index contributed by atoms with van der Waals surface area (Å²) in [7, 11) is 0. The molecule has 6 nitrogen and oxygen atoms in total. The van der Waals surface area contributed by atoms with E-state index >= 15 is 0 Å². The van der Waals surface area contributed by atoms with Gasteiger partial charge < -0.3 is 14.8 Å². The largest absolute Gasteiger partial charge is 0.322 e. The smallest absolute Gasteiger partial charge is 0.308 e. The summed E-state index contributed by atoms with van der Waals surface area (Å²) in [4.78, 5) is 16.0. The molecule has 5 aromatic rings. The Kier molecular flexibility index (Phi) is 5.64. The van der Waals surface area contributed by atoms with Crippen LogP contribution in [0.3, 0.4) is 0 Å². The minimum Gasteiger partial charge on any atom is -0.308 e. The molecular weight excluding hydrogens is 458 g/mol. The van der Waals surface area contributed by atoms with E-state index in [2.05, 4.69) is 52.5 Å². The fraction of sp³-hybridized carbons (Fsp3) is 0.161. The van der Waals surface area contributed by atoms with E-state index in [1.165, 1.54) is 0 Å². The van der Waals surface area contributed by atoms with Crippen molar-refractivity contribution >= 4 is 11.7 Å². The summed E-state index contributed by atoms with van der Waals surface area (Å²) in [6, 6.07) is 30.2. The molecule has 1 aliphatic rings. The molecule has 1 N–H and O–H groups in total. The normalized spacial score (nSPS) is 14.6. The maximum absolute atomic E-state index is 14.1. The Morgan fingerprint density at radius 2 is 1.62 bits per heavy atom. The molecule has 3 heterocycles. The van der Waals surface area contributed by atoms with Gasteiger partial charge in [-0.2, -0.15) is 5.10 Å². The number of fused-ring (bicyclic) bond motifs is 3. The number of aryl methyl sites for hydroxylation is 3. The number of carbonyl (C=O) groups is 1. The van der Waals surface area contributed by atoms with E-state index in [0.717, 1.165) is 50.8 Å². The molecule has 2 amide bonds. The third-order valence-electron chi connectivity index (χ3n) is 7.10. The number of nitrogens with one attached hydrogen (secondary N) is 1. The lowest BCUT2D eigenvalue weighted by Crippen LogP contribution is -2.38.